The van der Waals surface area contributed by atoms with Crippen molar-refractivity contribution in [1.82, 2.24) is 0 Å². The van der Waals surface area contributed by atoms with Crippen molar-refractivity contribution in [2.24, 2.45) is 5.92 Å². The summed E-state index contributed by atoms with van der Waals surface area (Å²) in [7, 11) is 0. The number of benzene rings is 1. The van der Waals surface area contributed by atoms with Crippen molar-refractivity contribution in [2.75, 3.05) is 0 Å². The maximum atomic E-state index is 12.0. The van der Waals surface area contributed by atoms with Gasteiger partial charge >= 0.3 is 97.2 Å². The molecule has 2 rings (SSSR count). The number of rotatable bonds is 3. The van der Waals surface area contributed by atoms with Crippen molar-refractivity contribution in [2.45, 2.75) is 32.1 Å². The Hall–Kier alpha value is -0.591. The van der Waals surface area contributed by atoms with Gasteiger partial charge in [-0.1, -0.05) is 0 Å². The first kappa shape index (κ1) is 10.9. The molecular formula is C13H16OSe. The minimum atomic E-state index is 0.0449. The number of carbonyl (C=O) groups is 1. The van der Waals surface area contributed by atoms with Gasteiger partial charge in [-0.25, -0.2) is 0 Å². The average molecular weight is 267 g/mol. The van der Waals surface area contributed by atoms with Crippen LogP contribution in [-0.4, -0.2) is 19.6 Å². The summed E-state index contributed by atoms with van der Waals surface area (Å²) in [6, 6.07) is 10.2. The number of hydrogen-bond donors (Lipinski definition) is 0. The zero-order valence-corrected chi connectivity index (χ0v) is 10.5. The van der Waals surface area contributed by atoms with Gasteiger partial charge < -0.3 is 0 Å². The molecule has 1 nitrogen and oxygen atoms in total. The van der Waals surface area contributed by atoms with Gasteiger partial charge in [-0.15, -0.1) is 0 Å². The molecule has 2 heteroatoms. The van der Waals surface area contributed by atoms with Crippen molar-refractivity contribution in [3.8, 4) is 0 Å². The standard InChI is InChI=1S/C13H16OSe/c14-13(11-7-3-1-4-8-11)15-12-9-5-2-6-10-12/h2,5-6,9-11H,1,3-4,7-8H2. The average Bonchev–Trinajstić information content (AvgIpc) is 2.31. The molecule has 0 amide bonds. The molecule has 0 atom stereocenters. The van der Waals surface area contributed by atoms with Gasteiger partial charge in [-0.3, -0.25) is 0 Å². The Labute approximate surface area is 97.4 Å². The summed E-state index contributed by atoms with van der Waals surface area (Å²) in [6.45, 7) is 0. The summed E-state index contributed by atoms with van der Waals surface area (Å²) in [5, 5.41) is 0. The molecule has 0 spiro atoms. The number of hydrogen-bond acceptors (Lipinski definition) is 1. The molecule has 1 aliphatic carbocycles. The molecule has 1 fully saturated rings. The van der Waals surface area contributed by atoms with E-state index in [0.29, 0.717) is 10.6 Å². The first-order chi connectivity index (χ1) is 7.36. The molecule has 0 aromatic heterocycles. The van der Waals surface area contributed by atoms with Gasteiger partial charge in [0.1, 0.15) is 0 Å². The molecule has 80 valence electrons. The van der Waals surface area contributed by atoms with Crippen LogP contribution in [0.25, 0.3) is 0 Å². The van der Waals surface area contributed by atoms with Crippen LogP contribution in [0, 0.1) is 5.92 Å². The molecule has 0 unspecified atom stereocenters. The predicted molar refractivity (Wildman–Crippen MR) is 63.4 cm³/mol. The molecule has 1 aliphatic rings. The fourth-order valence-electron chi connectivity index (χ4n) is 2.03. The Morgan fingerprint density at radius 2 is 1.73 bits per heavy atom. The Kier molecular flexibility index (Phi) is 3.99. The molecule has 1 saturated carbocycles. The van der Waals surface area contributed by atoms with E-state index in [4.69, 9.17) is 0 Å². The van der Waals surface area contributed by atoms with Crippen molar-refractivity contribution < 1.29 is 4.79 Å². The Bertz CT molecular complexity index is 315. The van der Waals surface area contributed by atoms with Gasteiger partial charge in [0.15, 0.2) is 0 Å². The van der Waals surface area contributed by atoms with Crippen LogP contribution in [0.4, 0.5) is 0 Å². The van der Waals surface area contributed by atoms with Crippen LogP contribution < -0.4 is 4.46 Å². The second kappa shape index (κ2) is 5.48. The number of carbonyl (C=O) groups excluding carboxylic acids is 1. The van der Waals surface area contributed by atoms with Crippen LogP contribution in [0.5, 0.6) is 0 Å². The summed E-state index contributed by atoms with van der Waals surface area (Å²) in [6.07, 6.45) is 6.09. The van der Waals surface area contributed by atoms with Gasteiger partial charge in [-0.2, -0.15) is 0 Å². The van der Waals surface area contributed by atoms with E-state index in [9.17, 15) is 4.79 Å². The summed E-state index contributed by atoms with van der Waals surface area (Å²) in [5.41, 5.74) is 0. The summed E-state index contributed by atoms with van der Waals surface area (Å²) in [4.78, 5) is 12.0. The van der Waals surface area contributed by atoms with E-state index < -0.39 is 0 Å². The monoisotopic (exact) mass is 268 g/mol. The van der Waals surface area contributed by atoms with Crippen molar-refractivity contribution in [3.63, 3.8) is 0 Å². The Morgan fingerprint density at radius 1 is 1.07 bits per heavy atom. The van der Waals surface area contributed by atoms with E-state index >= 15 is 0 Å². The maximum absolute atomic E-state index is 12.0. The Balaban J connectivity index is 1.91. The molecule has 1 aromatic carbocycles. The topological polar surface area (TPSA) is 17.1 Å². The molecule has 1 aromatic rings. The van der Waals surface area contributed by atoms with Crippen LogP contribution in [0.15, 0.2) is 30.3 Å². The molecule has 0 bridgehead atoms. The quantitative estimate of drug-likeness (QED) is 0.767. The van der Waals surface area contributed by atoms with Crippen LogP contribution >= 0.6 is 0 Å². The predicted octanol–water partition coefficient (Wildman–Crippen LogP) is 2.12. The van der Waals surface area contributed by atoms with Crippen LogP contribution in [0.2, 0.25) is 0 Å². The summed E-state index contributed by atoms with van der Waals surface area (Å²) in [5.74, 6) is 0.374. The van der Waals surface area contributed by atoms with Gasteiger partial charge in [0, 0.05) is 0 Å². The first-order valence-electron chi connectivity index (χ1n) is 5.63. The van der Waals surface area contributed by atoms with E-state index in [2.05, 4.69) is 12.1 Å². The third-order valence-electron chi connectivity index (χ3n) is 2.90. The zero-order valence-electron chi connectivity index (χ0n) is 8.82. The van der Waals surface area contributed by atoms with E-state index in [-0.39, 0.29) is 15.0 Å². The minimum absolute atomic E-state index is 0.0449. The summed E-state index contributed by atoms with van der Waals surface area (Å²) >= 11 is 0.0449. The molecule has 0 aliphatic heterocycles. The zero-order chi connectivity index (χ0) is 10.5. The fraction of sp³-hybridized carbons (Fsp3) is 0.462. The third kappa shape index (κ3) is 3.19. The van der Waals surface area contributed by atoms with Crippen LogP contribution in [0.1, 0.15) is 32.1 Å². The van der Waals surface area contributed by atoms with Crippen molar-refractivity contribution in [3.05, 3.63) is 30.3 Å². The first-order valence-corrected chi connectivity index (χ1v) is 7.34. The van der Waals surface area contributed by atoms with Crippen LogP contribution in [-0.2, 0) is 4.79 Å². The van der Waals surface area contributed by atoms with E-state index in [0.717, 1.165) is 12.8 Å². The fourth-order valence-corrected chi connectivity index (χ4v) is 3.97. The normalized spacial score (nSPS) is 17.6. The van der Waals surface area contributed by atoms with E-state index in [1.54, 1.807) is 0 Å². The van der Waals surface area contributed by atoms with Crippen molar-refractivity contribution in [1.29, 1.82) is 0 Å². The van der Waals surface area contributed by atoms with Gasteiger partial charge in [-0.05, 0) is 0 Å². The second-order valence-corrected chi connectivity index (χ2v) is 6.33. The van der Waals surface area contributed by atoms with Crippen molar-refractivity contribution >= 4 is 24.1 Å². The summed E-state index contributed by atoms with van der Waals surface area (Å²) < 4.78 is 1.73. The van der Waals surface area contributed by atoms with Gasteiger partial charge in [0.05, 0.1) is 0 Å². The van der Waals surface area contributed by atoms with Crippen LogP contribution in [0.3, 0.4) is 0 Å². The molecule has 0 heterocycles. The molecular weight excluding hydrogens is 251 g/mol. The molecule has 0 radical (unpaired) electrons. The molecule has 0 saturated heterocycles. The Morgan fingerprint density at radius 3 is 2.40 bits per heavy atom. The van der Waals surface area contributed by atoms with E-state index in [1.807, 2.05) is 18.2 Å². The third-order valence-corrected chi connectivity index (χ3v) is 5.09. The molecule has 0 N–H and O–H groups in total. The SMILES string of the molecule is O=C([Se]c1ccccc1)C1CCCCC1. The van der Waals surface area contributed by atoms with E-state index in [1.165, 1.54) is 23.7 Å². The van der Waals surface area contributed by atoms with Gasteiger partial charge in [0.2, 0.25) is 0 Å². The van der Waals surface area contributed by atoms with Gasteiger partial charge in [0.25, 0.3) is 0 Å². The second-order valence-electron chi connectivity index (χ2n) is 4.07. The molecule has 15 heavy (non-hydrogen) atoms.